The molecule has 0 saturated heterocycles. The van der Waals surface area contributed by atoms with Crippen molar-refractivity contribution in [1.82, 2.24) is 0 Å². The van der Waals surface area contributed by atoms with Gasteiger partial charge in [0.2, 0.25) is 0 Å². The van der Waals surface area contributed by atoms with E-state index < -0.39 is 29.8 Å². The van der Waals surface area contributed by atoms with Gasteiger partial charge < -0.3 is 10.2 Å². The van der Waals surface area contributed by atoms with Crippen molar-refractivity contribution >= 4 is 0 Å². The van der Waals surface area contributed by atoms with Crippen LogP contribution in [0.4, 0.5) is 17.6 Å². The van der Waals surface area contributed by atoms with Crippen LogP contribution in [0.1, 0.15) is 24.2 Å². The molecular formula is C10H10F4O2. The van der Waals surface area contributed by atoms with Crippen molar-refractivity contribution in [2.75, 3.05) is 0 Å². The predicted molar refractivity (Wildman–Crippen MR) is 48.0 cm³/mol. The average Bonchev–Trinajstić information content (AvgIpc) is 2.14. The summed E-state index contributed by atoms with van der Waals surface area (Å²) in [6, 6.07) is 2.04. The highest BCUT2D eigenvalue weighted by Gasteiger charge is 2.34. The molecule has 0 bridgehead atoms. The minimum absolute atomic E-state index is 0.0968. The molecule has 0 saturated carbocycles. The number of aliphatic hydroxyl groups excluding tert-OH is 2. The number of benzene rings is 1. The van der Waals surface area contributed by atoms with E-state index in [0.29, 0.717) is 12.1 Å². The van der Waals surface area contributed by atoms with Crippen molar-refractivity contribution in [2.24, 2.45) is 0 Å². The minimum atomic E-state index is -4.77. The summed E-state index contributed by atoms with van der Waals surface area (Å²) in [5.74, 6) is -1.47. The van der Waals surface area contributed by atoms with Gasteiger partial charge in [0, 0.05) is 0 Å². The quantitative estimate of drug-likeness (QED) is 0.776. The van der Waals surface area contributed by atoms with E-state index in [2.05, 4.69) is 0 Å². The van der Waals surface area contributed by atoms with Gasteiger partial charge in [-0.3, -0.25) is 0 Å². The molecule has 1 rings (SSSR count). The van der Waals surface area contributed by atoms with Crippen LogP contribution in [-0.2, 0) is 6.18 Å². The maximum absolute atomic E-state index is 13.1. The van der Waals surface area contributed by atoms with E-state index in [4.69, 9.17) is 5.11 Å². The predicted octanol–water partition coefficient (Wildman–Crippen LogP) is 2.26. The molecular weight excluding hydrogens is 228 g/mol. The Balaban J connectivity index is 3.09. The van der Waals surface area contributed by atoms with E-state index >= 15 is 0 Å². The van der Waals surface area contributed by atoms with Gasteiger partial charge in [-0.05, 0) is 24.6 Å². The van der Waals surface area contributed by atoms with E-state index in [0.717, 1.165) is 6.07 Å². The zero-order valence-electron chi connectivity index (χ0n) is 8.29. The molecule has 90 valence electrons. The summed E-state index contributed by atoms with van der Waals surface area (Å²) in [7, 11) is 0. The number of halogens is 4. The fourth-order valence-corrected chi connectivity index (χ4v) is 1.22. The summed E-state index contributed by atoms with van der Waals surface area (Å²) < 4.78 is 49.6. The van der Waals surface area contributed by atoms with Crippen LogP contribution in [0.5, 0.6) is 0 Å². The molecule has 1 aromatic carbocycles. The van der Waals surface area contributed by atoms with E-state index in [9.17, 15) is 22.7 Å². The number of alkyl halides is 3. The van der Waals surface area contributed by atoms with Gasteiger partial charge in [-0.1, -0.05) is 6.07 Å². The molecule has 6 heteroatoms. The molecule has 1 aromatic rings. The summed E-state index contributed by atoms with van der Waals surface area (Å²) in [5, 5.41) is 18.3. The van der Waals surface area contributed by atoms with Crippen molar-refractivity contribution in [2.45, 2.75) is 25.3 Å². The lowest BCUT2D eigenvalue weighted by atomic mass is 10.0. The molecule has 2 N–H and O–H groups in total. The zero-order chi connectivity index (χ0) is 12.5. The van der Waals surface area contributed by atoms with Crippen LogP contribution < -0.4 is 0 Å². The second kappa shape index (κ2) is 4.39. The van der Waals surface area contributed by atoms with Crippen molar-refractivity contribution < 1.29 is 27.8 Å². The van der Waals surface area contributed by atoms with Crippen molar-refractivity contribution in [1.29, 1.82) is 0 Å². The molecule has 2 nitrogen and oxygen atoms in total. The fourth-order valence-electron chi connectivity index (χ4n) is 1.22. The maximum Gasteiger partial charge on any atom is 0.419 e. The average molecular weight is 238 g/mol. The summed E-state index contributed by atoms with van der Waals surface area (Å²) in [6.07, 6.45) is -7.36. The van der Waals surface area contributed by atoms with Crippen LogP contribution in [0.2, 0.25) is 0 Å². The molecule has 2 unspecified atom stereocenters. The Bertz CT molecular complexity index is 374. The second-order valence-electron chi connectivity index (χ2n) is 3.42. The SMILES string of the molecule is CC(O)C(O)c1ccc(C(F)(F)F)c(F)c1. The summed E-state index contributed by atoms with van der Waals surface area (Å²) >= 11 is 0. The van der Waals surface area contributed by atoms with Crippen LogP contribution in [-0.4, -0.2) is 16.3 Å². The van der Waals surface area contributed by atoms with Gasteiger partial charge in [-0.2, -0.15) is 13.2 Å². The molecule has 2 atom stereocenters. The standard InChI is InChI=1S/C10H10F4O2/c1-5(15)9(16)6-2-3-7(8(11)4-6)10(12,13)14/h2-5,9,15-16H,1H3. The third kappa shape index (κ3) is 2.70. The van der Waals surface area contributed by atoms with E-state index in [1.807, 2.05) is 0 Å². The van der Waals surface area contributed by atoms with E-state index in [1.54, 1.807) is 0 Å². The Morgan fingerprint density at radius 3 is 2.12 bits per heavy atom. The van der Waals surface area contributed by atoms with Gasteiger partial charge >= 0.3 is 6.18 Å². The molecule has 0 aromatic heterocycles. The highest BCUT2D eigenvalue weighted by molar-refractivity contribution is 5.28. The van der Waals surface area contributed by atoms with E-state index in [-0.39, 0.29) is 5.56 Å². The summed E-state index contributed by atoms with van der Waals surface area (Å²) in [4.78, 5) is 0. The monoisotopic (exact) mass is 238 g/mol. The smallest absolute Gasteiger partial charge is 0.390 e. The molecule has 0 spiro atoms. The maximum atomic E-state index is 13.1. The molecule has 16 heavy (non-hydrogen) atoms. The second-order valence-corrected chi connectivity index (χ2v) is 3.42. The summed E-state index contributed by atoms with van der Waals surface area (Å²) in [5.41, 5.74) is -1.49. The Morgan fingerprint density at radius 1 is 1.19 bits per heavy atom. The highest BCUT2D eigenvalue weighted by Crippen LogP contribution is 2.32. The third-order valence-electron chi connectivity index (χ3n) is 2.10. The summed E-state index contributed by atoms with van der Waals surface area (Å²) in [6.45, 7) is 1.25. The van der Waals surface area contributed by atoms with Gasteiger partial charge in [-0.15, -0.1) is 0 Å². The lowest BCUT2D eigenvalue weighted by molar-refractivity contribution is -0.140. The normalized spacial score (nSPS) is 15.9. The Labute approximate surface area is 89.1 Å². The first-order valence-electron chi connectivity index (χ1n) is 4.46. The topological polar surface area (TPSA) is 40.5 Å². The van der Waals surface area contributed by atoms with E-state index in [1.165, 1.54) is 6.92 Å². The van der Waals surface area contributed by atoms with Gasteiger partial charge in [0.25, 0.3) is 0 Å². The number of aliphatic hydroxyl groups is 2. The Morgan fingerprint density at radius 2 is 1.75 bits per heavy atom. The molecule has 0 heterocycles. The van der Waals surface area contributed by atoms with Crippen molar-refractivity contribution in [3.8, 4) is 0 Å². The van der Waals surface area contributed by atoms with Crippen molar-refractivity contribution in [3.63, 3.8) is 0 Å². The van der Waals surface area contributed by atoms with Crippen molar-refractivity contribution in [3.05, 3.63) is 35.1 Å². The zero-order valence-corrected chi connectivity index (χ0v) is 8.29. The first-order valence-corrected chi connectivity index (χ1v) is 4.46. The molecule has 0 aliphatic rings. The lowest BCUT2D eigenvalue weighted by Gasteiger charge is -2.15. The Kier molecular flexibility index (Phi) is 3.54. The van der Waals surface area contributed by atoms with Crippen LogP contribution in [0.3, 0.4) is 0 Å². The molecule has 0 radical (unpaired) electrons. The van der Waals surface area contributed by atoms with Crippen LogP contribution in [0.25, 0.3) is 0 Å². The molecule has 0 fully saturated rings. The molecule has 0 amide bonds. The highest BCUT2D eigenvalue weighted by atomic mass is 19.4. The van der Waals surface area contributed by atoms with Gasteiger partial charge in [0.05, 0.1) is 11.7 Å². The third-order valence-corrected chi connectivity index (χ3v) is 2.10. The largest absolute Gasteiger partial charge is 0.419 e. The Hall–Kier alpha value is -1.14. The van der Waals surface area contributed by atoms with Crippen LogP contribution >= 0.6 is 0 Å². The lowest BCUT2D eigenvalue weighted by Crippen LogP contribution is -2.15. The number of rotatable bonds is 2. The van der Waals surface area contributed by atoms with Gasteiger partial charge in [0.15, 0.2) is 0 Å². The van der Waals surface area contributed by atoms with Crippen LogP contribution in [0.15, 0.2) is 18.2 Å². The first kappa shape index (κ1) is 12.9. The first-order chi connectivity index (χ1) is 7.23. The van der Waals surface area contributed by atoms with Crippen LogP contribution in [0, 0.1) is 5.82 Å². The van der Waals surface area contributed by atoms with Gasteiger partial charge in [-0.25, -0.2) is 4.39 Å². The molecule has 0 aliphatic heterocycles. The number of hydrogen-bond donors (Lipinski definition) is 2. The molecule has 0 aliphatic carbocycles. The van der Waals surface area contributed by atoms with Gasteiger partial charge in [0.1, 0.15) is 11.9 Å². The fraction of sp³-hybridized carbons (Fsp3) is 0.400. The number of hydrogen-bond acceptors (Lipinski definition) is 2. The minimum Gasteiger partial charge on any atom is -0.390 e.